The zero-order valence-corrected chi connectivity index (χ0v) is 17.4. The van der Waals surface area contributed by atoms with Gasteiger partial charge in [-0.15, -0.1) is 0 Å². The molecule has 0 unspecified atom stereocenters. The number of aryl methyl sites for hydroxylation is 1. The van der Waals surface area contributed by atoms with Crippen LogP contribution in [0.1, 0.15) is 11.3 Å². The third-order valence-electron chi connectivity index (χ3n) is 3.83. The predicted molar refractivity (Wildman–Crippen MR) is 110 cm³/mol. The first-order valence-electron chi connectivity index (χ1n) is 8.04. The third-order valence-corrected chi connectivity index (χ3v) is 5.44. The highest BCUT2D eigenvalue weighted by Gasteiger charge is 2.19. The minimum Gasteiger partial charge on any atom is -0.449 e. The Hall–Kier alpha value is -2.02. The second kappa shape index (κ2) is 8.78. The van der Waals surface area contributed by atoms with E-state index < -0.39 is 6.09 Å². The Morgan fingerprint density at radius 3 is 2.74 bits per heavy atom. The first-order chi connectivity index (χ1) is 13.0. The normalized spacial score (nSPS) is 10.7. The number of benzene rings is 2. The van der Waals surface area contributed by atoms with Crippen LogP contribution in [0.25, 0.3) is 11.3 Å². The zero-order valence-electron chi connectivity index (χ0n) is 14.3. The highest BCUT2D eigenvalue weighted by Crippen LogP contribution is 2.34. The lowest BCUT2D eigenvalue weighted by molar-refractivity contribution is 0.163. The minimum absolute atomic E-state index is 0.194. The predicted octanol–water partition coefficient (Wildman–Crippen LogP) is 6.51. The van der Waals surface area contributed by atoms with Crippen molar-refractivity contribution in [2.75, 3.05) is 11.9 Å². The van der Waals surface area contributed by atoms with Gasteiger partial charge in [-0.05, 0) is 52.7 Å². The van der Waals surface area contributed by atoms with Crippen LogP contribution in [0.3, 0.4) is 0 Å². The van der Waals surface area contributed by atoms with Crippen LogP contribution < -0.4 is 5.32 Å². The molecule has 0 fully saturated rings. The summed E-state index contributed by atoms with van der Waals surface area (Å²) in [5, 5.41) is 7.77. The Kier molecular flexibility index (Phi) is 6.42. The monoisotopic (exact) mass is 468 g/mol. The van der Waals surface area contributed by atoms with Crippen LogP contribution in [-0.2, 0) is 11.2 Å². The van der Waals surface area contributed by atoms with Gasteiger partial charge in [0, 0.05) is 21.5 Å². The SMILES string of the molecule is Cc1noc(-c2ccc(Br)c(Cl)c2)c1NC(=O)OCCc1ccccc1Cl. The number of rotatable bonds is 5. The van der Waals surface area contributed by atoms with E-state index in [0.717, 1.165) is 10.0 Å². The Morgan fingerprint density at radius 2 is 2.00 bits per heavy atom. The average Bonchev–Trinajstić information content (AvgIpc) is 3.00. The van der Waals surface area contributed by atoms with Crippen molar-refractivity contribution in [1.29, 1.82) is 0 Å². The molecule has 27 heavy (non-hydrogen) atoms. The van der Waals surface area contributed by atoms with Gasteiger partial charge in [-0.3, -0.25) is 5.32 Å². The van der Waals surface area contributed by atoms with Crippen molar-refractivity contribution in [1.82, 2.24) is 5.16 Å². The van der Waals surface area contributed by atoms with Crippen LogP contribution in [0.4, 0.5) is 10.5 Å². The molecule has 3 rings (SSSR count). The van der Waals surface area contributed by atoms with E-state index in [1.165, 1.54) is 0 Å². The molecule has 8 heteroatoms. The van der Waals surface area contributed by atoms with E-state index in [4.69, 9.17) is 32.5 Å². The molecule has 5 nitrogen and oxygen atoms in total. The number of amides is 1. The van der Waals surface area contributed by atoms with Gasteiger partial charge in [0.05, 0.1) is 11.6 Å². The fourth-order valence-electron chi connectivity index (χ4n) is 2.44. The summed E-state index contributed by atoms with van der Waals surface area (Å²) in [4.78, 5) is 12.2. The average molecular weight is 470 g/mol. The highest BCUT2D eigenvalue weighted by atomic mass is 79.9. The summed E-state index contributed by atoms with van der Waals surface area (Å²) in [5.41, 5.74) is 2.58. The van der Waals surface area contributed by atoms with E-state index in [1.54, 1.807) is 25.1 Å². The van der Waals surface area contributed by atoms with Crippen LogP contribution in [0, 0.1) is 6.92 Å². The summed E-state index contributed by atoms with van der Waals surface area (Å²) >= 11 is 15.6. The van der Waals surface area contributed by atoms with Crippen molar-refractivity contribution in [2.45, 2.75) is 13.3 Å². The number of nitrogens with one attached hydrogen (secondary N) is 1. The standard InChI is InChI=1S/C19H15BrCl2N2O3/c1-11-17(18(27-24-11)13-6-7-14(20)16(22)10-13)23-19(25)26-9-8-12-4-2-3-5-15(12)21/h2-7,10H,8-9H2,1H3,(H,23,25). The number of anilines is 1. The maximum Gasteiger partial charge on any atom is 0.411 e. The smallest absolute Gasteiger partial charge is 0.411 e. The van der Waals surface area contributed by atoms with Crippen LogP contribution in [-0.4, -0.2) is 17.9 Å². The minimum atomic E-state index is -0.599. The lowest BCUT2D eigenvalue weighted by Crippen LogP contribution is -2.16. The summed E-state index contributed by atoms with van der Waals surface area (Å²) in [6, 6.07) is 12.8. The first-order valence-corrected chi connectivity index (χ1v) is 9.59. The van der Waals surface area contributed by atoms with Crippen LogP contribution in [0.2, 0.25) is 10.0 Å². The van der Waals surface area contributed by atoms with Gasteiger partial charge in [-0.25, -0.2) is 4.79 Å². The van der Waals surface area contributed by atoms with Gasteiger partial charge in [-0.2, -0.15) is 0 Å². The number of hydrogen-bond acceptors (Lipinski definition) is 4. The van der Waals surface area contributed by atoms with Crippen molar-refractivity contribution in [3.05, 3.63) is 68.2 Å². The Balaban J connectivity index is 1.67. The Labute approximate surface area is 174 Å². The number of hydrogen-bond donors (Lipinski definition) is 1. The van der Waals surface area contributed by atoms with Crippen molar-refractivity contribution >= 4 is 50.9 Å². The number of carbonyl (C=O) groups excluding carboxylic acids is 1. The number of aromatic nitrogens is 1. The molecule has 0 aliphatic rings. The summed E-state index contributed by atoms with van der Waals surface area (Å²) in [6.45, 7) is 1.92. The molecule has 0 radical (unpaired) electrons. The molecule has 1 amide bonds. The van der Waals surface area contributed by atoms with E-state index in [2.05, 4.69) is 26.4 Å². The van der Waals surface area contributed by atoms with Gasteiger partial charge in [0.25, 0.3) is 0 Å². The van der Waals surface area contributed by atoms with Crippen molar-refractivity contribution < 1.29 is 14.1 Å². The fraction of sp³-hybridized carbons (Fsp3) is 0.158. The molecule has 0 aliphatic carbocycles. The Morgan fingerprint density at radius 1 is 1.22 bits per heavy atom. The van der Waals surface area contributed by atoms with Crippen molar-refractivity contribution in [2.24, 2.45) is 0 Å². The molecule has 1 aromatic heterocycles. The van der Waals surface area contributed by atoms with Crippen molar-refractivity contribution in [3.63, 3.8) is 0 Å². The van der Waals surface area contributed by atoms with Crippen LogP contribution >= 0.6 is 39.1 Å². The number of nitrogens with zero attached hydrogens (tertiary/aromatic N) is 1. The number of halogens is 3. The summed E-state index contributed by atoms with van der Waals surface area (Å²) in [5.74, 6) is 0.407. The second-order valence-electron chi connectivity index (χ2n) is 5.70. The number of carbonyl (C=O) groups is 1. The van der Waals surface area contributed by atoms with Crippen LogP contribution in [0.15, 0.2) is 51.5 Å². The molecule has 0 bridgehead atoms. The zero-order chi connectivity index (χ0) is 19.4. The van der Waals surface area contributed by atoms with Gasteiger partial charge in [0.15, 0.2) is 5.76 Å². The lowest BCUT2D eigenvalue weighted by atomic mass is 10.1. The molecule has 3 aromatic rings. The molecule has 0 aliphatic heterocycles. The van der Waals surface area contributed by atoms with Crippen molar-refractivity contribution in [3.8, 4) is 11.3 Å². The summed E-state index contributed by atoms with van der Waals surface area (Å²) in [7, 11) is 0. The maximum absolute atomic E-state index is 12.2. The van der Waals surface area contributed by atoms with Gasteiger partial charge in [0.1, 0.15) is 11.4 Å². The molecule has 0 saturated heterocycles. The molecule has 2 aromatic carbocycles. The Bertz CT molecular complexity index is 975. The van der Waals surface area contributed by atoms with E-state index in [9.17, 15) is 4.79 Å². The third kappa shape index (κ3) is 4.83. The molecule has 140 valence electrons. The van der Waals surface area contributed by atoms with Crippen LogP contribution in [0.5, 0.6) is 0 Å². The quantitative estimate of drug-likeness (QED) is 0.462. The van der Waals surface area contributed by atoms with E-state index in [0.29, 0.717) is 39.2 Å². The molecule has 0 atom stereocenters. The molecule has 1 N–H and O–H groups in total. The van der Waals surface area contributed by atoms with E-state index in [1.807, 2.05) is 24.3 Å². The topological polar surface area (TPSA) is 64.4 Å². The molecule has 0 saturated carbocycles. The second-order valence-corrected chi connectivity index (χ2v) is 7.37. The first kappa shape index (κ1) is 19.7. The highest BCUT2D eigenvalue weighted by molar-refractivity contribution is 9.10. The summed E-state index contributed by atoms with van der Waals surface area (Å²) in [6.07, 6.45) is -0.0805. The molecular weight excluding hydrogens is 455 g/mol. The lowest BCUT2D eigenvalue weighted by Gasteiger charge is -2.08. The van der Waals surface area contributed by atoms with E-state index in [-0.39, 0.29) is 6.61 Å². The van der Waals surface area contributed by atoms with Gasteiger partial charge >= 0.3 is 6.09 Å². The molecular formula is C19H15BrCl2N2O3. The fourth-order valence-corrected chi connectivity index (χ4v) is 3.10. The van der Waals surface area contributed by atoms with Gasteiger partial charge in [-0.1, -0.05) is 46.6 Å². The summed E-state index contributed by atoms with van der Waals surface area (Å²) < 4.78 is 11.4. The van der Waals surface area contributed by atoms with Gasteiger partial charge < -0.3 is 9.26 Å². The number of ether oxygens (including phenoxy) is 1. The molecule has 0 spiro atoms. The molecule has 1 heterocycles. The maximum atomic E-state index is 12.2. The van der Waals surface area contributed by atoms with E-state index >= 15 is 0 Å². The van der Waals surface area contributed by atoms with Gasteiger partial charge in [0.2, 0.25) is 0 Å². The largest absolute Gasteiger partial charge is 0.449 e.